The fraction of sp³-hybridized carbons (Fsp3) is 0.571. The smallest absolute Gasteiger partial charge is 0.128 e. The molecule has 0 aromatic heterocycles. The molecule has 1 aromatic rings. The van der Waals surface area contributed by atoms with Crippen LogP contribution in [0, 0.1) is 5.82 Å². The first kappa shape index (κ1) is 14.0. The first-order valence-corrected chi connectivity index (χ1v) is 6.38. The number of nitrogens with zero attached hydrogens (tertiary/aromatic N) is 1. The molecule has 17 heavy (non-hydrogen) atoms. The van der Waals surface area contributed by atoms with Crippen molar-refractivity contribution >= 4 is 5.69 Å². The van der Waals surface area contributed by atoms with Crippen molar-refractivity contribution in [2.75, 3.05) is 18.0 Å². The monoisotopic (exact) mass is 238 g/mol. The van der Waals surface area contributed by atoms with Gasteiger partial charge in [0.05, 0.1) is 0 Å². The molecule has 1 atom stereocenters. The standard InChI is InChI=1S/C14H23FN2/c1-4-9-17(5-2)14-8-6-7-13(15)12(14)10-11(3)16/h6-8,11H,4-5,9-10,16H2,1-3H3. The molecule has 0 fully saturated rings. The molecule has 1 rings (SSSR count). The third-order valence-corrected chi connectivity index (χ3v) is 2.84. The molecule has 0 saturated carbocycles. The second kappa shape index (κ2) is 6.60. The van der Waals surface area contributed by atoms with E-state index in [9.17, 15) is 4.39 Å². The molecule has 3 heteroatoms. The van der Waals surface area contributed by atoms with Crippen LogP contribution in [0.4, 0.5) is 10.1 Å². The van der Waals surface area contributed by atoms with E-state index in [0.717, 1.165) is 30.8 Å². The first-order valence-electron chi connectivity index (χ1n) is 6.38. The first-order chi connectivity index (χ1) is 8.10. The zero-order valence-electron chi connectivity index (χ0n) is 11.0. The Hall–Kier alpha value is -1.09. The molecular weight excluding hydrogens is 215 g/mol. The highest BCUT2D eigenvalue weighted by Gasteiger charge is 2.14. The van der Waals surface area contributed by atoms with Crippen LogP contribution in [-0.2, 0) is 6.42 Å². The predicted octanol–water partition coefficient (Wildman–Crippen LogP) is 2.95. The van der Waals surface area contributed by atoms with Gasteiger partial charge in [0.15, 0.2) is 0 Å². The van der Waals surface area contributed by atoms with E-state index in [1.54, 1.807) is 6.07 Å². The summed E-state index contributed by atoms with van der Waals surface area (Å²) in [5, 5.41) is 0. The maximum absolute atomic E-state index is 13.9. The third kappa shape index (κ3) is 3.70. The SMILES string of the molecule is CCCN(CC)c1cccc(F)c1CC(C)N. The Balaban J connectivity index is 3.07. The minimum Gasteiger partial charge on any atom is -0.372 e. The van der Waals surface area contributed by atoms with Gasteiger partial charge in [0.25, 0.3) is 0 Å². The van der Waals surface area contributed by atoms with Gasteiger partial charge in [-0.05, 0) is 38.8 Å². The van der Waals surface area contributed by atoms with Gasteiger partial charge in [-0.25, -0.2) is 4.39 Å². The maximum Gasteiger partial charge on any atom is 0.128 e. The van der Waals surface area contributed by atoms with Crippen LogP contribution in [0.1, 0.15) is 32.8 Å². The second-order valence-electron chi connectivity index (χ2n) is 4.50. The van der Waals surface area contributed by atoms with Crippen molar-refractivity contribution in [1.29, 1.82) is 0 Å². The topological polar surface area (TPSA) is 29.3 Å². The zero-order valence-corrected chi connectivity index (χ0v) is 11.0. The van der Waals surface area contributed by atoms with Crippen molar-refractivity contribution in [1.82, 2.24) is 0 Å². The van der Waals surface area contributed by atoms with Gasteiger partial charge in [0.1, 0.15) is 5.82 Å². The highest BCUT2D eigenvalue weighted by atomic mass is 19.1. The Labute approximate surface area is 104 Å². The van der Waals surface area contributed by atoms with Crippen LogP contribution >= 0.6 is 0 Å². The summed E-state index contributed by atoms with van der Waals surface area (Å²) >= 11 is 0. The van der Waals surface area contributed by atoms with Crippen molar-refractivity contribution < 1.29 is 4.39 Å². The summed E-state index contributed by atoms with van der Waals surface area (Å²) in [5.41, 5.74) is 7.53. The van der Waals surface area contributed by atoms with Crippen LogP contribution in [0.3, 0.4) is 0 Å². The zero-order chi connectivity index (χ0) is 12.8. The third-order valence-electron chi connectivity index (χ3n) is 2.84. The molecule has 0 amide bonds. The van der Waals surface area contributed by atoms with Crippen LogP contribution in [0.25, 0.3) is 0 Å². The summed E-state index contributed by atoms with van der Waals surface area (Å²) < 4.78 is 13.9. The maximum atomic E-state index is 13.9. The van der Waals surface area contributed by atoms with Crippen LogP contribution in [-0.4, -0.2) is 19.1 Å². The van der Waals surface area contributed by atoms with E-state index in [2.05, 4.69) is 18.7 Å². The molecular formula is C14H23FN2. The van der Waals surface area contributed by atoms with Gasteiger partial charge in [-0.2, -0.15) is 0 Å². The molecule has 2 N–H and O–H groups in total. The minimum absolute atomic E-state index is 0.0222. The fourth-order valence-corrected chi connectivity index (χ4v) is 2.09. The highest BCUT2D eigenvalue weighted by Crippen LogP contribution is 2.24. The molecule has 0 heterocycles. The summed E-state index contributed by atoms with van der Waals surface area (Å²) in [6.45, 7) is 7.98. The fourth-order valence-electron chi connectivity index (χ4n) is 2.09. The number of halogens is 1. The van der Waals surface area contributed by atoms with E-state index in [1.165, 1.54) is 6.07 Å². The average molecular weight is 238 g/mol. The van der Waals surface area contributed by atoms with Crippen molar-refractivity contribution in [3.63, 3.8) is 0 Å². The van der Waals surface area contributed by atoms with Crippen LogP contribution in [0.2, 0.25) is 0 Å². The van der Waals surface area contributed by atoms with Gasteiger partial charge in [0.2, 0.25) is 0 Å². The molecule has 0 radical (unpaired) electrons. The van der Waals surface area contributed by atoms with E-state index < -0.39 is 0 Å². The predicted molar refractivity (Wildman–Crippen MR) is 71.9 cm³/mol. The van der Waals surface area contributed by atoms with Gasteiger partial charge in [-0.15, -0.1) is 0 Å². The van der Waals surface area contributed by atoms with Gasteiger partial charge in [-0.1, -0.05) is 13.0 Å². The number of benzene rings is 1. The lowest BCUT2D eigenvalue weighted by atomic mass is 10.0. The van der Waals surface area contributed by atoms with Gasteiger partial charge < -0.3 is 10.6 Å². The Morgan fingerprint density at radius 3 is 2.59 bits per heavy atom. The van der Waals surface area contributed by atoms with Crippen molar-refractivity contribution in [3.05, 3.63) is 29.6 Å². The van der Waals surface area contributed by atoms with Crippen molar-refractivity contribution in [2.24, 2.45) is 5.73 Å². The molecule has 0 saturated heterocycles. The lowest BCUT2D eigenvalue weighted by Gasteiger charge is -2.26. The molecule has 0 spiro atoms. The Kier molecular flexibility index (Phi) is 5.42. The summed E-state index contributed by atoms with van der Waals surface area (Å²) in [4.78, 5) is 2.21. The molecule has 96 valence electrons. The molecule has 1 unspecified atom stereocenters. The van der Waals surface area contributed by atoms with E-state index in [4.69, 9.17) is 5.73 Å². The second-order valence-corrected chi connectivity index (χ2v) is 4.50. The van der Waals surface area contributed by atoms with Crippen molar-refractivity contribution in [3.8, 4) is 0 Å². The molecule has 0 aliphatic rings. The molecule has 0 aliphatic carbocycles. The number of hydrogen-bond donors (Lipinski definition) is 1. The normalized spacial score (nSPS) is 12.5. The Morgan fingerprint density at radius 2 is 2.06 bits per heavy atom. The summed E-state index contributed by atoms with van der Waals surface area (Å²) in [6, 6.07) is 5.25. The van der Waals surface area contributed by atoms with E-state index >= 15 is 0 Å². The minimum atomic E-state index is -0.144. The van der Waals surface area contributed by atoms with Gasteiger partial charge >= 0.3 is 0 Å². The average Bonchev–Trinajstić information content (AvgIpc) is 2.28. The lowest BCUT2D eigenvalue weighted by Crippen LogP contribution is -2.27. The summed E-state index contributed by atoms with van der Waals surface area (Å²) in [5.74, 6) is -0.144. The Bertz CT molecular complexity index is 350. The Morgan fingerprint density at radius 1 is 1.35 bits per heavy atom. The van der Waals surface area contributed by atoms with E-state index in [0.29, 0.717) is 6.42 Å². The number of rotatable bonds is 6. The summed E-state index contributed by atoms with van der Waals surface area (Å²) in [6.07, 6.45) is 1.64. The quantitative estimate of drug-likeness (QED) is 0.825. The summed E-state index contributed by atoms with van der Waals surface area (Å²) in [7, 11) is 0. The molecule has 0 aliphatic heterocycles. The van der Waals surface area contributed by atoms with Crippen molar-refractivity contribution in [2.45, 2.75) is 39.7 Å². The van der Waals surface area contributed by atoms with E-state index in [-0.39, 0.29) is 11.9 Å². The van der Waals surface area contributed by atoms with Gasteiger partial charge in [-0.3, -0.25) is 0 Å². The lowest BCUT2D eigenvalue weighted by molar-refractivity contribution is 0.593. The number of nitrogens with two attached hydrogens (primary N) is 1. The van der Waals surface area contributed by atoms with Crippen LogP contribution < -0.4 is 10.6 Å². The molecule has 0 bridgehead atoms. The highest BCUT2D eigenvalue weighted by molar-refractivity contribution is 5.54. The molecule has 2 nitrogen and oxygen atoms in total. The van der Waals surface area contributed by atoms with Gasteiger partial charge in [0, 0.05) is 30.4 Å². The van der Waals surface area contributed by atoms with E-state index in [1.807, 2.05) is 13.0 Å². The number of anilines is 1. The van der Waals surface area contributed by atoms with Crippen LogP contribution in [0.15, 0.2) is 18.2 Å². The van der Waals surface area contributed by atoms with Crippen LogP contribution in [0.5, 0.6) is 0 Å². The molecule has 1 aromatic carbocycles. The number of hydrogen-bond acceptors (Lipinski definition) is 2. The largest absolute Gasteiger partial charge is 0.372 e.